The van der Waals surface area contributed by atoms with E-state index in [2.05, 4.69) is 20.8 Å². The highest BCUT2D eigenvalue weighted by molar-refractivity contribution is 6.01. The van der Waals surface area contributed by atoms with E-state index in [1.807, 2.05) is 42.5 Å². The first kappa shape index (κ1) is 30.3. The van der Waals surface area contributed by atoms with Crippen molar-refractivity contribution < 1.29 is 24.0 Å². The maximum Gasteiger partial charge on any atom is 0.259 e. The van der Waals surface area contributed by atoms with Gasteiger partial charge in [0, 0.05) is 36.3 Å². The van der Waals surface area contributed by atoms with Crippen LogP contribution < -0.4 is 10.6 Å². The minimum atomic E-state index is -0.344. The van der Waals surface area contributed by atoms with E-state index in [0.29, 0.717) is 67.0 Å². The summed E-state index contributed by atoms with van der Waals surface area (Å²) in [6.07, 6.45) is 1.65. The Hall–Kier alpha value is -5.77. The van der Waals surface area contributed by atoms with Crippen LogP contribution in [-0.2, 0) is 11.2 Å². The van der Waals surface area contributed by atoms with Crippen LogP contribution in [0.5, 0.6) is 5.75 Å². The largest absolute Gasteiger partial charge is 0.507 e. The van der Waals surface area contributed by atoms with Crippen LogP contribution in [0.4, 0.5) is 0 Å². The molecule has 0 aliphatic carbocycles. The summed E-state index contributed by atoms with van der Waals surface area (Å²) < 4.78 is 5.57. The summed E-state index contributed by atoms with van der Waals surface area (Å²) in [6, 6.07) is 28.8. The number of phenols is 1. The number of benzene rings is 4. The number of carbonyl (C=O) groups is 3. The fourth-order valence-electron chi connectivity index (χ4n) is 5.42. The van der Waals surface area contributed by atoms with Gasteiger partial charge in [-0.1, -0.05) is 65.8 Å². The molecular weight excluding hydrogens is 582 g/mol. The van der Waals surface area contributed by atoms with Crippen molar-refractivity contribution in [2.45, 2.75) is 19.3 Å². The molecule has 232 valence electrons. The Labute approximate surface area is 266 Å². The molecule has 10 nitrogen and oxygen atoms in total. The van der Waals surface area contributed by atoms with Gasteiger partial charge < -0.3 is 25.2 Å². The monoisotopic (exact) mass is 615 g/mol. The van der Waals surface area contributed by atoms with Gasteiger partial charge in [-0.2, -0.15) is 4.98 Å². The number of aromatic hydroxyl groups is 1. The number of fused-ring (bicyclic) bond motifs is 5. The number of nitrogens with zero attached hydrogens (tertiary/aromatic N) is 3. The van der Waals surface area contributed by atoms with Gasteiger partial charge in [0.15, 0.2) is 0 Å². The summed E-state index contributed by atoms with van der Waals surface area (Å²) in [4.78, 5) is 46.1. The number of phenolic OH excluding ortho intramolecular Hbond substituents is 1. The first-order chi connectivity index (χ1) is 22.5. The van der Waals surface area contributed by atoms with Crippen molar-refractivity contribution in [1.82, 2.24) is 25.7 Å². The van der Waals surface area contributed by atoms with Crippen LogP contribution in [0.1, 0.15) is 39.1 Å². The Morgan fingerprint density at radius 1 is 0.783 bits per heavy atom. The zero-order chi connectivity index (χ0) is 31.9. The number of hydrogen-bond acceptors (Lipinski definition) is 7. The molecule has 1 aliphatic heterocycles. The molecule has 6 rings (SSSR count). The second kappa shape index (κ2) is 13.9. The highest BCUT2D eigenvalue weighted by Gasteiger charge is 2.24. The summed E-state index contributed by atoms with van der Waals surface area (Å²) >= 11 is 0. The molecule has 0 saturated heterocycles. The van der Waals surface area contributed by atoms with Gasteiger partial charge in [-0.15, -0.1) is 0 Å². The molecule has 5 aromatic rings. The topological polar surface area (TPSA) is 138 Å². The highest BCUT2D eigenvalue weighted by atomic mass is 16.5. The molecule has 4 bridgehead atoms. The SMILES string of the molecule is O=C1CN(C(=O)c2ccccc2-c2nc(-c3ccccc3)no2)CCCCNC(=O)c2cccc(c2)-c2cc(ccc2O)CCN1. The number of nitrogens with one attached hydrogen (secondary N) is 2. The van der Waals surface area contributed by atoms with Gasteiger partial charge in [0.2, 0.25) is 11.7 Å². The zero-order valence-electron chi connectivity index (χ0n) is 25.1. The smallest absolute Gasteiger partial charge is 0.259 e. The average molecular weight is 616 g/mol. The molecule has 0 unspecified atom stereocenters. The van der Waals surface area contributed by atoms with Crippen molar-refractivity contribution in [2.75, 3.05) is 26.2 Å². The molecular formula is C36H33N5O5. The fraction of sp³-hybridized carbons (Fsp3) is 0.194. The quantitative estimate of drug-likeness (QED) is 0.257. The number of amides is 3. The minimum absolute atomic E-state index is 0.103. The van der Waals surface area contributed by atoms with Crippen molar-refractivity contribution in [3.63, 3.8) is 0 Å². The molecule has 46 heavy (non-hydrogen) atoms. The van der Waals surface area contributed by atoms with E-state index >= 15 is 0 Å². The van der Waals surface area contributed by atoms with Crippen molar-refractivity contribution in [3.8, 4) is 39.7 Å². The second-order valence-corrected chi connectivity index (χ2v) is 11.1. The number of rotatable bonds is 3. The third kappa shape index (κ3) is 6.96. The van der Waals surface area contributed by atoms with Crippen LogP contribution >= 0.6 is 0 Å². The van der Waals surface area contributed by atoms with Crippen LogP contribution in [-0.4, -0.2) is 64.0 Å². The average Bonchev–Trinajstić information content (AvgIpc) is 3.58. The molecule has 0 saturated carbocycles. The van der Waals surface area contributed by atoms with Crippen LogP contribution in [0.25, 0.3) is 34.0 Å². The van der Waals surface area contributed by atoms with E-state index in [1.165, 1.54) is 4.90 Å². The van der Waals surface area contributed by atoms with E-state index in [9.17, 15) is 19.5 Å². The van der Waals surface area contributed by atoms with Gasteiger partial charge in [-0.05, 0) is 66.8 Å². The van der Waals surface area contributed by atoms with Crippen molar-refractivity contribution >= 4 is 17.7 Å². The molecule has 0 radical (unpaired) electrons. The maximum absolute atomic E-state index is 14.0. The minimum Gasteiger partial charge on any atom is -0.507 e. The van der Waals surface area contributed by atoms with E-state index < -0.39 is 0 Å². The molecule has 0 spiro atoms. The molecule has 0 atom stereocenters. The second-order valence-electron chi connectivity index (χ2n) is 11.1. The molecule has 10 heteroatoms. The molecule has 4 aromatic carbocycles. The molecule has 1 aromatic heterocycles. The summed E-state index contributed by atoms with van der Waals surface area (Å²) in [6.45, 7) is 0.879. The van der Waals surface area contributed by atoms with E-state index in [1.54, 1.807) is 54.6 Å². The van der Waals surface area contributed by atoms with Gasteiger partial charge in [-0.25, -0.2) is 0 Å². The Kier molecular flexibility index (Phi) is 9.14. The maximum atomic E-state index is 14.0. The van der Waals surface area contributed by atoms with Gasteiger partial charge in [-0.3, -0.25) is 14.4 Å². The van der Waals surface area contributed by atoms with Crippen LogP contribution in [0.3, 0.4) is 0 Å². The summed E-state index contributed by atoms with van der Waals surface area (Å²) in [7, 11) is 0. The van der Waals surface area contributed by atoms with Crippen LogP contribution in [0, 0.1) is 0 Å². The predicted octanol–water partition coefficient (Wildman–Crippen LogP) is 5.10. The highest BCUT2D eigenvalue weighted by Crippen LogP contribution is 2.31. The Bertz CT molecular complexity index is 1870. The third-order valence-electron chi connectivity index (χ3n) is 7.84. The number of aromatic nitrogens is 2. The summed E-state index contributed by atoms with van der Waals surface area (Å²) in [5.74, 6) is -0.156. The Balaban J connectivity index is 1.23. The van der Waals surface area contributed by atoms with Gasteiger partial charge in [0.25, 0.3) is 17.7 Å². The lowest BCUT2D eigenvalue weighted by molar-refractivity contribution is -0.121. The van der Waals surface area contributed by atoms with E-state index in [-0.39, 0.29) is 35.9 Å². The standard InChI is InChI=1S/C36H33N5O5/c42-31-16-15-24-17-19-37-32(43)23-41(20-7-6-18-38-34(44)27-12-8-11-26(22-27)30(31)21-24)36(45)29-14-5-4-13-28(29)35-39-33(40-46-35)25-9-2-1-3-10-25/h1-5,8-16,21-22,42H,6-7,17-20,23H2,(H,37,43)(H,38,44). The molecule has 1 aliphatic rings. The fourth-order valence-corrected chi connectivity index (χ4v) is 5.42. The molecule has 3 N–H and O–H groups in total. The molecule has 2 heterocycles. The van der Waals surface area contributed by atoms with E-state index in [4.69, 9.17) is 4.52 Å². The summed E-state index contributed by atoms with van der Waals surface area (Å²) in [5, 5.41) is 20.5. The van der Waals surface area contributed by atoms with Crippen LogP contribution in [0.15, 0.2) is 102 Å². The first-order valence-corrected chi connectivity index (χ1v) is 15.2. The predicted molar refractivity (Wildman–Crippen MR) is 173 cm³/mol. The lowest BCUT2D eigenvalue weighted by Crippen LogP contribution is -2.42. The normalized spacial score (nSPS) is 14.5. The van der Waals surface area contributed by atoms with Crippen LogP contribution in [0.2, 0.25) is 0 Å². The molecule has 0 fully saturated rings. The lowest BCUT2D eigenvalue weighted by Gasteiger charge is -2.23. The molecule has 3 amide bonds. The zero-order valence-corrected chi connectivity index (χ0v) is 25.1. The van der Waals surface area contributed by atoms with Gasteiger partial charge in [0.05, 0.1) is 17.7 Å². The van der Waals surface area contributed by atoms with Crippen molar-refractivity contribution in [1.29, 1.82) is 0 Å². The third-order valence-corrected chi connectivity index (χ3v) is 7.84. The number of hydrogen-bond donors (Lipinski definition) is 3. The van der Waals surface area contributed by atoms with Gasteiger partial charge in [0.1, 0.15) is 5.75 Å². The Morgan fingerprint density at radius 3 is 2.43 bits per heavy atom. The summed E-state index contributed by atoms with van der Waals surface area (Å²) in [5.41, 5.74) is 4.32. The number of carbonyl (C=O) groups excluding carboxylic acids is 3. The van der Waals surface area contributed by atoms with Crippen molar-refractivity contribution in [2.24, 2.45) is 0 Å². The van der Waals surface area contributed by atoms with Crippen molar-refractivity contribution in [3.05, 3.63) is 114 Å². The lowest BCUT2D eigenvalue weighted by atomic mass is 9.98. The Morgan fingerprint density at radius 2 is 1.57 bits per heavy atom. The first-order valence-electron chi connectivity index (χ1n) is 15.2. The van der Waals surface area contributed by atoms with E-state index in [0.717, 1.165) is 16.7 Å². The van der Waals surface area contributed by atoms with Gasteiger partial charge >= 0.3 is 0 Å².